The van der Waals surface area contributed by atoms with Gasteiger partial charge >= 0.3 is 0 Å². The molecule has 31 heavy (non-hydrogen) atoms. The first kappa shape index (κ1) is 19.9. The van der Waals surface area contributed by atoms with Gasteiger partial charge < -0.3 is 9.47 Å². The Hall–Kier alpha value is -3.00. The van der Waals surface area contributed by atoms with Gasteiger partial charge in [0.05, 0.1) is 11.3 Å². The summed E-state index contributed by atoms with van der Waals surface area (Å²) >= 11 is 1.28. The van der Waals surface area contributed by atoms with Gasteiger partial charge in [0.15, 0.2) is 5.65 Å². The lowest BCUT2D eigenvalue weighted by Crippen LogP contribution is -2.43. The number of thioether (sulfide) groups is 1. The number of aryl methyl sites for hydroxylation is 3. The van der Waals surface area contributed by atoms with E-state index >= 15 is 0 Å². The van der Waals surface area contributed by atoms with Crippen LogP contribution in [0, 0.1) is 12.7 Å². The molecule has 0 saturated carbocycles. The summed E-state index contributed by atoms with van der Waals surface area (Å²) in [5, 5.41) is 10.2. The van der Waals surface area contributed by atoms with Gasteiger partial charge in [-0.15, -0.1) is 10.2 Å². The molecule has 0 fully saturated rings. The molecule has 0 bridgehead atoms. The summed E-state index contributed by atoms with van der Waals surface area (Å²) in [5.74, 6) is -0.119. The van der Waals surface area contributed by atoms with Gasteiger partial charge in [-0.05, 0) is 62.6 Å². The number of hydrogen-bond donors (Lipinski definition) is 0. The number of carbonyl (C=O) groups is 1. The zero-order valence-corrected chi connectivity index (χ0v) is 18.4. The van der Waals surface area contributed by atoms with Crippen LogP contribution in [-0.4, -0.2) is 37.5 Å². The average molecular weight is 436 g/mol. The largest absolute Gasteiger partial charge is 0.327 e. The fourth-order valence-electron chi connectivity index (χ4n) is 4.32. The van der Waals surface area contributed by atoms with Crippen molar-refractivity contribution in [1.29, 1.82) is 0 Å². The highest BCUT2D eigenvalue weighted by Gasteiger charge is 2.28. The Kier molecular flexibility index (Phi) is 4.89. The molecule has 2 aromatic carbocycles. The van der Waals surface area contributed by atoms with Gasteiger partial charge in [0, 0.05) is 24.2 Å². The van der Waals surface area contributed by atoms with Crippen LogP contribution >= 0.6 is 11.8 Å². The molecule has 0 unspecified atom stereocenters. The quantitative estimate of drug-likeness (QED) is 0.446. The van der Waals surface area contributed by atoms with E-state index in [1.54, 1.807) is 11.0 Å². The highest BCUT2D eigenvalue weighted by Crippen LogP contribution is 2.32. The average Bonchev–Trinajstić information content (AvgIpc) is 3.03. The maximum atomic E-state index is 13.6. The van der Waals surface area contributed by atoms with Crippen LogP contribution in [0.3, 0.4) is 0 Å². The van der Waals surface area contributed by atoms with E-state index in [4.69, 9.17) is 0 Å². The number of rotatable bonds is 3. The van der Waals surface area contributed by atoms with E-state index in [0.29, 0.717) is 5.16 Å². The van der Waals surface area contributed by atoms with E-state index in [1.165, 1.54) is 23.9 Å². The van der Waals surface area contributed by atoms with Gasteiger partial charge in [-0.1, -0.05) is 23.4 Å². The second-order valence-electron chi connectivity index (χ2n) is 8.06. The molecule has 5 rings (SSSR count). The maximum absolute atomic E-state index is 13.6. The predicted octanol–water partition coefficient (Wildman–Crippen LogP) is 4.42. The molecule has 1 amide bonds. The smallest absolute Gasteiger partial charge is 0.237 e. The summed E-state index contributed by atoms with van der Waals surface area (Å²) in [6, 6.07) is 10.9. The van der Waals surface area contributed by atoms with E-state index in [9.17, 15) is 9.18 Å². The van der Waals surface area contributed by atoms with E-state index in [-0.39, 0.29) is 23.5 Å². The molecular formula is C23H22FN5OS. The topological polar surface area (TPSA) is 63.9 Å². The van der Waals surface area contributed by atoms with Gasteiger partial charge in [0.1, 0.15) is 11.3 Å². The standard InChI is InChI=1S/C23H22FN5OS/c1-13-4-8-19-17(10-13)21-22(28(19)3)25-23(27-26-21)31-12-20(30)29-14(2)5-6-15-11-16(24)7-9-18(15)29/h4,7-11,14H,5-6,12H2,1-3H3/t14-/m1/s1. The van der Waals surface area contributed by atoms with Gasteiger partial charge in [-0.3, -0.25) is 4.79 Å². The highest BCUT2D eigenvalue weighted by molar-refractivity contribution is 7.99. The van der Waals surface area contributed by atoms with Crippen LogP contribution in [0.15, 0.2) is 41.6 Å². The summed E-state index contributed by atoms with van der Waals surface area (Å²) in [6.45, 7) is 4.07. The molecule has 1 aliphatic heterocycles. The molecule has 4 aromatic rings. The first-order chi connectivity index (χ1) is 14.9. The highest BCUT2D eigenvalue weighted by atomic mass is 32.2. The van der Waals surface area contributed by atoms with Gasteiger partial charge in [0.2, 0.25) is 11.1 Å². The third-order valence-corrected chi connectivity index (χ3v) is 6.72. The van der Waals surface area contributed by atoms with Crippen molar-refractivity contribution >= 4 is 45.4 Å². The number of carbonyl (C=O) groups excluding carboxylic acids is 1. The first-order valence-corrected chi connectivity index (χ1v) is 11.2. The van der Waals surface area contributed by atoms with Crippen molar-refractivity contribution in [3.63, 3.8) is 0 Å². The van der Waals surface area contributed by atoms with Crippen LogP contribution in [-0.2, 0) is 18.3 Å². The van der Waals surface area contributed by atoms with Crippen LogP contribution in [0.25, 0.3) is 22.1 Å². The van der Waals surface area contributed by atoms with Gasteiger partial charge in [0.25, 0.3) is 0 Å². The Morgan fingerprint density at radius 2 is 2.06 bits per heavy atom. The van der Waals surface area contributed by atoms with Crippen molar-refractivity contribution in [2.45, 2.75) is 37.9 Å². The van der Waals surface area contributed by atoms with Crippen LogP contribution in [0.2, 0.25) is 0 Å². The summed E-state index contributed by atoms with van der Waals surface area (Å²) in [6.07, 6.45) is 1.58. The zero-order valence-electron chi connectivity index (χ0n) is 17.6. The number of nitrogens with zero attached hydrogens (tertiary/aromatic N) is 5. The predicted molar refractivity (Wildman–Crippen MR) is 121 cm³/mol. The Balaban J connectivity index is 1.40. The monoisotopic (exact) mass is 435 g/mol. The number of halogens is 1. The number of aromatic nitrogens is 4. The number of benzene rings is 2. The number of fused-ring (bicyclic) bond motifs is 4. The summed E-state index contributed by atoms with van der Waals surface area (Å²) in [5.41, 5.74) is 5.38. The summed E-state index contributed by atoms with van der Waals surface area (Å²) in [7, 11) is 1.96. The Bertz CT molecular complexity index is 1330. The van der Waals surface area contributed by atoms with Crippen LogP contribution in [0.5, 0.6) is 0 Å². The second kappa shape index (κ2) is 7.60. The molecule has 0 radical (unpaired) electrons. The molecular weight excluding hydrogens is 413 g/mol. The molecule has 0 saturated heterocycles. The molecule has 0 aliphatic carbocycles. The van der Waals surface area contributed by atoms with E-state index < -0.39 is 0 Å². The zero-order chi connectivity index (χ0) is 21.7. The molecule has 158 valence electrons. The van der Waals surface area contributed by atoms with Gasteiger partial charge in [-0.25, -0.2) is 9.37 Å². The summed E-state index contributed by atoms with van der Waals surface area (Å²) in [4.78, 5) is 19.5. The Morgan fingerprint density at radius 1 is 1.23 bits per heavy atom. The molecule has 0 spiro atoms. The van der Waals surface area contributed by atoms with Gasteiger partial charge in [-0.2, -0.15) is 0 Å². The van der Waals surface area contributed by atoms with E-state index in [1.807, 2.05) is 25.5 Å². The van der Waals surface area contributed by atoms with Crippen molar-refractivity contribution in [2.75, 3.05) is 10.7 Å². The Labute approximate surface area is 183 Å². The van der Waals surface area contributed by atoms with Crippen LogP contribution in [0.4, 0.5) is 10.1 Å². The normalized spacial score (nSPS) is 16.1. The minimum atomic E-state index is -0.270. The lowest BCUT2D eigenvalue weighted by atomic mass is 9.96. The summed E-state index contributed by atoms with van der Waals surface area (Å²) < 4.78 is 15.6. The third-order valence-electron chi connectivity index (χ3n) is 5.90. The minimum absolute atomic E-state index is 0.0403. The number of hydrogen-bond acceptors (Lipinski definition) is 5. The van der Waals surface area contributed by atoms with Crippen LogP contribution in [0.1, 0.15) is 24.5 Å². The molecule has 3 heterocycles. The minimum Gasteiger partial charge on any atom is -0.327 e. The number of anilines is 1. The first-order valence-electron chi connectivity index (χ1n) is 10.2. The van der Waals surface area contributed by atoms with E-state index in [0.717, 1.165) is 51.7 Å². The van der Waals surface area contributed by atoms with Crippen molar-refractivity contribution in [3.05, 3.63) is 53.3 Å². The fraction of sp³-hybridized carbons (Fsp3) is 0.304. The Morgan fingerprint density at radius 3 is 2.90 bits per heavy atom. The van der Waals surface area contributed by atoms with Crippen molar-refractivity contribution in [2.24, 2.45) is 7.05 Å². The SMILES string of the molecule is Cc1ccc2c(c1)c1nnc(SCC(=O)N3c4ccc(F)cc4CC[C@H]3C)nc1n2C. The lowest BCUT2D eigenvalue weighted by molar-refractivity contribution is -0.116. The molecule has 2 aromatic heterocycles. The second-order valence-corrected chi connectivity index (χ2v) is 9.00. The van der Waals surface area contributed by atoms with Crippen molar-refractivity contribution < 1.29 is 9.18 Å². The van der Waals surface area contributed by atoms with E-state index in [2.05, 4.69) is 33.4 Å². The van der Waals surface area contributed by atoms with Crippen LogP contribution < -0.4 is 4.90 Å². The lowest BCUT2D eigenvalue weighted by Gasteiger charge is -2.35. The molecule has 1 atom stereocenters. The number of amides is 1. The third kappa shape index (κ3) is 3.44. The molecule has 6 nitrogen and oxygen atoms in total. The van der Waals surface area contributed by atoms with Crippen molar-refractivity contribution in [1.82, 2.24) is 19.7 Å². The van der Waals surface area contributed by atoms with Crippen molar-refractivity contribution in [3.8, 4) is 0 Å². The molecule has 8 heteroatoms. The fourth-order valence-corrected chi connectivity index (χ4v) is 4.96. The molecule has 0 N–H and O–H groups in total. The maximum Gasteiger partial charge on any atom is 0.237 e. The molecule has 1 aliphatic rings.